The van der Waals surface area contributed by atoms with E-state index in [9.17, 15) is 0 Å². The van der Waals surface area contributed by atoms with E-state index in [2.05, 4.69) is 34.6 Å². The average Bonchev–Trinajstić information content (AvgIpc) is 2.06. The quantitative estimate of drug-likeness (QED) is 0.593. The van der Waals surface area contributed by atoms with E-state index in [0.29, 0.717) is 16.9 Å². The SMILES string of the molecule is CC1C[C@@H](N)C(C)(C(C)(C)C)C1. The Morgan fingerprint density at radius 1 is 1.33 bits per heavy atom. The molecule has 1 aliphatic carbocycles. The van der Waals surface area contributed by atoms with Gasteiger partial charge in [0, 0.05) is 6.04 Å². The summed E-state index contributed by atoms with van der Waals surface area (Å²) in [5, 5.41) is 0. The second kappa shape index (κ2) is 2.73. The molecule has 0 heterocycles. The molecule has 1 rings (SSSR count). The van der Waals surface area contributed by atoms with Gasteiger partial charge in [-0.1, -0.05) is 34.6 Å². The van der Waals surface area contributed by atoms with Crippen LogP contribution in [0.1, 0.15) is 47.5 Å². The molecule has 12 heavy (non-hydrogen) atoms. The minimum Gasteiger partial charge on any atom is -0.327 e. The van der Waals surface area contributed by atoms with E-state index < -0.39 is 0 Å². The summed E-state index contributed by atoms with van der Waals surface area (Å²) in [4.78, 5) is 0. The van der Waals surface area contributed by atoms with Gasteiger partial charge in [-0.05, 0) is 29.6 Å². The van der Waals surface area contributed by atoms with Crippen molar-refractivity contribution in [3.05, 3.63) is 0 Å². The lowest BCUT2D eigenvalue weighted by Gasteiger charge is -2.42. The highest BCUT2D eigenvalue weighted by atomic mass is 14.7. The first kappa shape index (κ1) is 10.0. The van der Waals surface area contributed by atoms with Crippen LogP contribution in [0.3, 0.4) is 0 Å². The van der Waals surface area contributed by atoms with Crippen molar-refractivity contribution in [1.29, 1.82) is 0 Å². The largest absolute Gasteiger partial charge is 0.327 e. The van der Waals surface area contributed by atoms with Gasteiger partial charge in [0.15, 0.2) is 0 Å². The number of nitrogens with two attached hydrogens (primary N) is 1. The summed E-state index contributed by atoms with van der Waals surface area (Å²) in [6.45, 7) is 11.6. The third-order valence-corrected chi connectivity index (χ3v) is 3.96. The minimum atomic E-state index is 0.340. The predicted molar refractivity (Wildman–Crippen MR) is 53.9 cm³/mol. The fourth-order valence-electron chi connectivity index (χ4n) is 2.51. The maximum absolute atomic E-state index is 6.19. The van der Waals surface area contributed by atoms with Gasteiger partial charge < -0.3 is 5.73 Å². The molecule has 1 heteroatoms. The van der Waals surface area contributed by atoms with Gasteiger partial charge in [0.05, 0.1) is 0 Å². The summed E-state index contributed by atoms with van der Waals surface area (Å²) >= 11 is 0. The van der Waals surface area contributed by atoms with Crippen molar-refractivity contribution in [2.45, 2.75) is 53.5 Å². The lowest BCUT2D eigenvalue weighted by molar-refractivity contribution is 0.0935. The molecule has 1 fully saturated rings. The topological polar surface area (TPSA) is 26.0 Å². The predicted octanol–water partition coefficient (Wildman–Crippen LogP) is 2.80. The van der Waals surface area contributed by atoms with Crippen molar-refractivity contribution in [2.75, 3.05) is 0 Å². The molecule has 0 aromatic carbocycles. The third kappa shape index (κ3) is 1.39. The molecule has 1 nitrogen and oxygen atoms in total. The summed E-state index contributed by atoms with van der Waals surface area (Å²) < 4.78 is 0. The molecular weight excluding hydrogens is 146 g/mol. The molecular formula is C11H23N. The fraction of sp³-hybridized carbons (Fsp3) is 1.00. The monoisotopic (exact) mass is 169 g/mol. The summed E-state index contributed by atoms with van der Waals surface area (Å²) in [6.07, 6.45) is 2.49. The third-order valence-electron chi connectivity index (χ3n) is 3.96. The normalized spacial score (nSPS) is 43.5. The first-order valence-electron chi connectivity index (χ1n) is 5.03. The van der Waals surface area contributed by atoms with Crippen LogP contribution < -0.4 is 5.73 Å². The second-order valence-corrected chi connectivity index (χ2v) is 5.82. The Bertz CT molecular complexity index is 168. The lowest BCUT2D eigenvalue weighted by atomic mass is 9.64. The van der Waals surface area contributed by atoms with Crippen molar-refractivity contribution < 1.29 is 0 Å². The van der Waals surface area contributed by atoms with E-state index >= 15 is 0 Å². The van der Waals surface area contributed by atoms with Gasteiger partial charge in [0.2, 0.25) is 0 Å². The molecule has 0 aromatic rings. The van der Waals surface area contributed by atoms with Crippen molar-refractivity contribution >= 4 is 0 Å². The maximum atomic E-state index is 6.19. The van der Waals surface area contributed by atoms with Crippen LogP contribution in [0, 0.1) is 16.7 Å². The van der Waals surface area contributed by atoms with E-state index in [1.807, 2.05) is 0 Å². The van der Waals surface area contributed by atoms with Crippen molar-refractivity contribution in [3.8, 4) is 0 Å². The summed E-state index contributed by atoms with van der Waals surface area (Å²) in [5.74, 6) is 0.809. The standard InChI is InChI=1S/C11H23N/c1-8-6-9(12)11(5,7-8)10(2,3)4/h8-9H,6-7,12H2,1-5H3/t8?,9-,11?/m1/s1. The van der Waals surface area contributed by atoms with Crippen LogP contribution in [0.4, 0.5) is 0 Å². The van der Waals surface area contributed by atoms with Gasteiger partial charge in [0.1, 0.15) is 0 Å². The van der Waals surface area contributed by atoms with Gasteiger partial charge in [0.25, 0.3) is 0 Å². The molecule has 0 aliphatic heterocycles. The number of hydrogen-bond donors (Lipinski definition) is 1. The van der Waals surface area contributed by atoms with Crippen molar-refractivity contribution in [3.63, 3.8) is 0 Å². The Labute approximate surface area is 76.7 Å². The molecule has 1 saturated carbocycles. The molecule has 0 amide bonds. The molecule has 1 aliphatic rings. The van der Waals surface area contributed by atoms with E-state index in [1.54, 1.807) is 0 Å². The molecule has 0 aromatic heterocycles. The minimum absolute atomic E-state index is 0.340. The van der Waals surface area contributed by atoms with Crippen LogP contribution in [-0.2, 0) is 0 Å². The molecule has 0 radical (unpaired) electrons. The zero-order valence-electron chi connectivity index (χ0n) is 9.15. The summed E-state index contributed by atoms with van der Waals surface area (Å²) in [7, 11) is 0. The molecule has 0 bridgehead atoms. The highest BCUT2D eigenvalue weighted by Gasteiger charge is 2.47. The Balaban J connectivity index is 2.85. The second-order valence-electron chi connectivity index (χ2n) is 5.82. The molecule has 2 unspecified atom stereocenters. The van der Waals surface area contributed by atoms with Crippen LogP contribution in [0.15, 0.2) is 0 Å². The Kier molecular flexibility index (Phi) is 2.28. The molecule has 72 valence electrons. The van der Waals surface area contributed by atoms with Crippen LogP contribution >= 0.6 is 0 Å². The Morgan fingerprint density at radius 2 is 1.83 bits per heavy atom. The van der Waals surface area contributed by atoms with Gasteiger partial charge in [-0.15, -0.1) is 0 Å². The average molecular weight is 169 g/mol. The van der Waals surface area contributed by atoms with E-state index in [1.165, 1.54) is 12.8 Å². The highest BCUT2D eigenvalue weighted by molar-refractivity contribution is 5.00. The number of rotatable bonds is 0. The van der Waals surface area contributed by atoms with Gasteiger partial charge in [-0.2, -0.15) is 0 Å². The first-order valence-corrected chi connectivity index (χ1v) is 5.03. The summed E-state index contributed by atoms with van der Waals surface area (Å²) in [5.41, 5.74) is 6.87. The zero-order chi connectivity index (χ0) is 9.57. The molecule has 3 atom stereocenters. The molecule has 0 spiro atoms. The first-order chi connectivity index (χ1) is 5.27. The lowest BCUT2D eigenvalue weighted by Crippen LogP contribution is -2.44. The Hall–Kier alpha value is -0.0400. The van der Waals surface area contributed by atoms with E-state index in [4.69, 9.17) is 5.73 Å². The maximum Gasteiger partial charge on any atom is 0.0101 e. The summed E-state index contributed by atoms with van der Waals surface area (Å²) in [6, 6.07) is 0.396. The van der Waals surface area contributed by atoms with Crippen molar-refractivity contribution in [1.82, 2.24) is 0 Å². The molecule has 0 saturated heterocycles. The number of hydrogen-bond acceptors (Lipinski definition) is 1. The van der Waals surface area contributed by atoms with Gasteiger partial charge in [-0.3, -0.25) is 0 Å². The van der Waals surface area contributed by atoms with Crippen LogP contribution in [0.5, 0.6) is 0 Å². The van der Waals surface area contributed by atoms with E-state index in [-0.39, 0.29) is 0 Å². The van der Waals surface area contributed by atoms with Crippen LogP contribution in [0.25, 0.3) is 0 Å². The molecule has 2 N–H and O–H groups in total. The van der Waals surface area contributed by atoms with Gasteiger partial charge >= 0.3 is 0 Å². The highest BCUT2D eigenvalue weighted by Crippen LogP contribution is 2.51. The zero-order valence-corrected chi connectivity index (χ0v) is 9.15. The smallest absolute Gasteiger partial charge is 0.0101 e. The van der Waals surface area contributed by atoms with Gasteiger partial charge in [-0.25, -0.2) is 0 Å². The van der Waals surface area contributed by atoms with Crippen LogP contribution in [0.2, 0.25) is 0 Å². The fourth-order valence-corrected chi connectivity index (χ4v) is 2.51. The van der Waals surface area contributed by atoms with Crippen molar-refractivity contribution in [2.24, 2.45) is 22.5 Å². The Morgan fingerprint density at radius 3 is 2.00 bits per heavy atom. The van der Waals surface area contributed by atoms with Crippen LogP contribution in [-0.4, -0.2) is 6.04 Å². The van der Waals surface area contributed by atoms with E-state index in [0.717, 1.165) is 5.92 Å².